The van der Waals surface area contributed by atoms with E-state index in [-0.39, 0.29) is 5.91 Å². The molecule has 0 unspecified atom stereocenters. The van der Waals surface area contributed by atoms with Crippen molar-refractivity contribution in [2.45, 2.75) is 58.4 Å². The van der Waals surface area contributed by atoms with Gasteiger partial charge in [0.2, 0.25) is 5.91 Å². The third-order valence-electron chi connectivity index (χ3n) is 4.32. The molecule has 19 heavy (non-hydrogen) atoms. The summed E-state index contributed by atoms with van der Waals surface area (Å²) in [6.45, 7) is 8.13. The number of hydrogen-bond acceptors (Lipinski definition) is 3. The lowest BCUT2D eigenvalue weighted by Crippen LogP contribution is -2.35. The second-order valence-corrected chi connectivity index (χ2v) is 5.70. The molecule has 4 heteroatoms. The molecule has 0 saturated heterocycles. The summed E-state index contributed by atoms with van der Waals surface area (Å²) >= 11 is 0. The summed E-state index contributed by atoms with van der Waals surface area (Å²) in [5, 5.41) is 3.02. The van der Waals surface area contributed by atoms with Crippen LogP contribution < -0.4 is 11.1 Å². The van der Waals surface area contributed by atoms with Crippen LogP contribution in [0.15, 0.2) is 0 Å². The third-order valence-corrected chi connectivity index (χ3v) is 4.32. The smallest absolute Gasteiger partial charge is 0.220 e. The van der Waals surface area contributed by atoms with Gasteiger partial charge in [-0.15, -0.1) is 0 Å². The average molecular weight is 269 g/mol. The zero-order valence-electron chi connectivity index (χ0n) is 12.7. The van der Waals surface area contributed by atoms with Gasteiger partial charge < -0.3 is 16.0 Å². The highest BCUT2D eigenvalue weighted by molar-refractivity contribution is 5.75. The van der Waals surface area contributed by atoms with Gasteiger partial charge in [0.15, 0.2) is 0 Å². The minimum absolute atomic E-state index is 0.210. The van der Waals surface area contributed by atoms with E-state index in [1.807, 2.05) is 0 Å². The Hall–Kier alpha value is -0.610. The summed E-state index contributed by atoms with van der Waals surface area (Å²) in [5.41, 5.74) is 5.89. The minimum Gasteiger partial charge on any atom is -0.355 e. The fraction of sp³-hybridized carbons (Fsp3) is 0.933. The van der Waals surface area contributed by atoms with Gasteiger partial charge >= 0.3 is 0 Å². The number of carbonyl (C=O) groups is 1. The summed E-state index contributed by atoms with van der Waals surface area (Å²) in [6, 6.07) is 0.402. The van der Waals surface area contributed by atoms with Crippen LogP contribution in [-0.2, 0) is 4.79 Å². The molecule has 1 rings (SSSR count). The van der Waals surface area contributed by atoms with E-state index in [0.29, 0.717) is 18.4 Å². The summed E-state index contributed by atoms with van der Waals surface area (Å²) in [6.07, 6.45) is 6.38. The molecule has 1 amide bonds. The van der Waals surface area contributed by atoms with Gasteiger partial charge in [0.05, 0.1) is 0 Å². The van der Waals surface area contributed by atoms with Crippen molar-refractivity contribution in [3.63, 3.8) is 0 Å². The predicted octanol–water partition coefficient (Wildman–Crippen LogP) is 1.74. The Morgan fingerprint density at radius 1 is 1.21 bits per heavy atom. The van der Waals surface area contributed by atoms with Crippen molar-refractivity contribution in [1.29, 1.82) is 0 Å². The van der Waals surface area contributed by atoms with Crippen LogP contribution in [0.3, 0.4) is 0 Å². The molecule has 4 nitrogen and oxygen atoms in total. The fourth-order valence-electron chi connectivity index (χ4n) is 2.79. The number of rotatable bonds is 8. The van der Waals surface area contributed by atoms with Gasteiger partial charge in [-0.3, -0.25) is 4.79 Å². The molecule has 1 aliphatic carbocycles. The van der Waals surface area contributed by atoms with Crippen molar-refractivity contribution in [2.24, 2.45) is 11.7 Å². The predicted molar refractivity (Wildman–Crippen MR) is 80.0 cm³/mol. The van der Waals surface area contributed by atoms with Gasteiger partial charge in [-0.25, -0.2) is 0 Å². The number of nitrogens with one attached hydrogen (secondary N) is 1. The van der Waals surface area contributed by atoms with E-state index in [1.54, 1.807) is 0 Å². The Morgan fingerprint density at radius 3 is 2.42 bits per heavy atom. The van der Waals surface area contributed by atoms with E-state index in [4.69, 9.17) is 5.73 Å². The van der Waals surface area contributed by atoms with Gasteiger partial charge in [0.1, 0.15) is 0 Å². The number of carbonyl (C=O) groups excluding carboxylic acids is 1. The van der Waals surface area contributed by atoms with Crippen molar-refractivity contribution in [3.05, 3.63) is 0 Å². The molecule has 0 aliphatic heterocycles. The number of amides is 1. The molecule has 0 bridgehead atoms. The SMILES string of the molecule is CCN(CC)CCNC(=O)CCC1CCC(N)CC1. The zero-order chi connectivity index (χ0) is 14.1. The molecule has 112 valence electrons. The largest absolute Gasteiger partial charge is 0.355 e. The maximum Gasteiger partial charge on any atom is 0.220 e. The van der Waals surface area contributed by atoms with Crippen LogP contribution in [-0.4, -0.2) is 43.0 Å². The lowest BCUT2D eigenvalue weighted by Gasteiger charge is -2.25. The molecule has 1 fully saturated rings. The normalized spacial score (nSPS) is 23.6. The quantitative estimate of drug-likeness (QED) is 0.706. The number of hydrogen-bond donors (Lipinski definition) is 2. The molecule has 0 atom stereocenters. The summed E-state index contributed by atoms with van der Waals surface area (Å²) < 4.78 is 0. The first-order valence-electron chi connectivity index (χ1n) is 7.90. The van der Waals surface area contributed by atoms with Gasteiger partial charge in [-0.1, -0.05) is 13.8 Å². The topological polar surface area (TPSA) is 58.4 Å². The first-order chi connectivity index (χ1) is 9.15. The van der Waals surface area contributed by atoms with E-state index in [9.17, 15) is 4.79 Å². The van der Waals surface area contributed by atoms with Gasteiger partial charge in [0.25, 0.3) is 0 Å². The van der Waals surface area contributed by atoms with E-state index >= 15 is 0 Å². The van der Waals surface area contributed by atoms with Crippen molar-refractivity contribution in [1.82, 2.24) is 10.2 Å². The molecule has 1 saturated carbocycles. The fourth-order valence-corrected chi connectivity index (χ4v) is 2.79. The van der Waals surface area contributed by atoms with Gasteiger partial charge in [-0.05, 0) is 51.1 Å². The van der Waals surface area contributed by atoms with Crippen LogP contribution in [0, 0.1) is 5.92 Å². The molecule has 1 aliphatic rings. The lowest BCUT2D eigenvalue weighted by atomic mass is 9.84. The van der Waals surface area contributed by atoms with Crippen molar-refractivity contribution in [2.75, 3.05) is 26.2 Å². The Kier molecular flexibility index (Phi) is 8.07. The van der Waals surface area contributed by atoms with E-state index < -0.39 is 0 Å². The summed E-state index contributed by atoms with van der Waals surface area (Å²) in [4.78, 5) is 14.1. The van der Waals surface area contributed by atoms with E-state index in [1.165, 1.54) is 12.8 Å². The van der Waals surface area contributed by atoms with Crippen LogP contribution >= 0.6 is 0 Å². The average Bonchev–Trinajstić information content (AvgIpc) is 2.43. The highest BCUT2D eigenvalue weighted by atomic mass is 16.1. The highest BCUT2D eigenvalue weighted by Gasteiger charge is 2.19. The van der Waals surface area contributed by atoms with E-state index in [0.717, 1.165) is 45.4 Å². The number of likely N-dealkylation sites (N-methyl/N-ethyl adjacent to an activating group) is 1. The Labute approximate surface area is 118 Å². The Bertz CT molecular complexity index is 246. The van der Waals surface area contributed by atoms with Crippen LogP contribution in [0.1, 0.15) is 52.4 Å². The van der Waals surface area contributed by atoms with Crippen molar-refractivity contribution < 1.29 is 4.79 Å². The Morgan fingerprint density at radius 2 is 1.84 bits per heavy atom. The molecular weight excluding hydrogens is 238 g/mol. The van der Waals surface area contributed by atoms with Crippen LogP contribution in [0.2, 0.25) is 0 Å². The molecule has 0 aromatic carbocycles. The Balaban J connectivity index is 2.04. The first-order valence-corrected chi connectivity index (χ1v) is 7.90. The molecule has 0 radical (unpaired) electrons. The van der Waals surface area contributed by atoms with E-state index in [2.05, 4.69) is 24.1 Å². The number of nitrogens with zero attached hydrogens (tertiary/aromatic N) is 1. The van der Waals surface area contributed by atoms with Crippen molar-refractivity contribution >= 4 is 5.91 Å². The van der Waals surface area contributed by atoms with Gasteiger partial charge in [0, 0.05) is 25.6 Å². The molecule has 0 aromatic rings. The second kappa shape index (κ2) is 9.32. The standard InChI is InChI=1S/C15H31N3O/c1-3-18(4-2)12-11-17-15(19)10-7-13-5-8-14(16)9-6-13/h13-14H,3-12,16H2,1-2H3,(H,17,19). The summed E-state index contributed by atoms with van der Waals surface area (Å²) in [7, 11) is 0. The first kappa shape index (κ1) is 16.4. The molecule has 0 aromatic heterocycles. The summed E-state index contributed by atoms with van der Waals surface area (Å²) in [5.74, 6) is 0.926. The third kappa shape index (κ3) is 6.92. The van der Waals surface area contributed by atoms with Crippen LogP contribution in [0.25, 0.3) is 0 Å². The second-order valence-electron chi connectivity index (χ2n) is 5.70. The van der Waals surface area contributed by atoms with Crippen LogP contribution in [0.5, 0.6) is 0 Å². The molecule has 3 N–H and O–H groups in total. The lowest BCUT2D eigenvalue weighted by molar-refractivity contribution is -0.121. The highest BCUT2D eigenvalue weighted by Crippen LogP contribution is 2.26. The van der Waals surface area contributed by atoms with Gasteiger partial charge in [-0.2, -0.15) is 0 Å². The minimum atomic E-state index is 0.210. The maximum absolute atomic E-state index is 11.8. The molecule has 0 spiro atoms. The number of nitrogens with two attached hydrogens (primary N) is 1. The molecule has 0 heterocycles. The monoisotopic (exact) mass is 269 g/mol. The molecular formula is C15H31N3O. The zero-order valence-corrected chi connectivity index (χ0v) is 12.7. The van der Waals surface area contributed by atoms with Crippen molar-refractivity contribution in [3.8, 4) is 0 Å². The van der Waals surface area contributed by atoms with Crippen LogP contribution in [0.4, 0.5) is 0 Å². The maximum atomic E-state index is 11.8.